The fraction of sp³-hybridized carbons (Fsp3) is 0.412. The van der Waals surface area contributed by atoms with Gasteiger partial charge in [0.25, 0.3) is 0 Å². The zero-order valence-corrected chi connectivity index (χ0v) is 15.3. The number of likely N-dealkylation sites (tertiary alicyclic amines) is 1. The van der Waals surface area contributed by atoms with Crippen LogP contribution >= 0.6 is 0 Å². The van der Waals surface area contributed by atoms with Gasteiger partial charge in [0.05, 0.1) is 6.42 Å². The van der Waals surface area contributed by atoms with E-state index in [1.807, 2.05) is 0 Å². The van der Waals surface area contributed by atoms with Crippen molar-refractivity contribution in [2.75, 3.05) is 13.1 Å². The second-order valence-electron chi connectivity index (χ2n) is 6.82. The maximum absolute atomic E-state index is 14.1. The predicted octanol–water partition coefficient (Wildman–Crippen LogP) is 1.83. The van der Waals surface area contributed by atoms with E-state index in [0.29, 0.717) is 11.4 Å². The van der Waals surface area contributed by atoms with Crippen molar-refractivity contribution in [2.45, 2.75) is 31.4 Å². The van der Waals surface area contributed by atoms with Crippen LogP contribution in [-0.4, -0.2) is 60.4 Å². The van der Waals surface area contributed by atoms with Gasteiger partial charge in [0.2, 0.25) is 17.6 Å². The zero-order valence-electron chi connectivity index (χ0n) is 15.3. The van der Waals surface area contributed by atoms with Gasteiger partial charge in [0.1, 0.15) is 5.82 Å². The van der Waals surface area contributed by atoms with E-state index in [-0.39, 0.29) is 31.0 Å². The summed E-state index contributed by atoms with van der Waals surface area (Å²) in [5.74, 6) is -0.264. The lowest BCUT2D eigenvalue weighted by molar-refractivity contribution is -0.193. The van der Waals surface area contributed by atoms with E-state index in [2.05, 4.69) is 30.3 Å². The number of nitrogens with one attached hydrogen (secondary N) is 1. The molecule has 1 aliphatic heterocycles. The number of carbonyl (C=O) groups excluding carboxylic acids is 1. The minimum absolute atomic E-state index is 0.0343. The Labute approximate surface area is 162 Å². The Hall–Kier alpha value is -3.31. The molecule has 12 heteroatoms. The lowest BCUT2D eigenvalue weighted by atomic mass is 9.86. The van der Waals surface area contributed by atoms with Crippen molar-refractivity contribution in [3.05, 3.63) is 42.1 Å². The Morgan fingerprint density at radius 3 is 2.72 bits per heavy atom. The molecule has 1 amide bonds. The van der Waals surface area contributed by atoms with Gasteiger partial charge in [-0.05, 0) is 25.5 Å². The van der Waals surface area contributed by atoms with Gasteiger partial charge in [0.15, 0.2) is 11.2 Å². The Morgan fingerprint density at radius 2 is 2.07 bits per heavy atom. The second kappa shape index (κ2) is 6.94. The minimum atomic E-state index is -4.68. The van der Waals surface area contributed by atoms with Gasteiger partial charge in [-0.15, -0.1) is 0 Å². The highest BCUT2D eigenvalue weighted by Gasteiger charge is 2.63. The van der Waals surface area contributed by atoms with Crippen LogP contribution in [0.1, 0.15) is 24.0 Å². The summed E-state index contributed by atoms with van der Waals surface area (Å²) >= 11 is 0. The number of amides is 1. The molecule has 3 aromatic rings. The summed E-state index contributed by atoms with van der Waals surface area (Å²) in [6.45, 7) is 0.979. The first-order chi connectivity index (χ1) is 13.8. The van der Waals surface area contributed by atoms with Gasteiger partial charge in [0, 0.05) is 31.0 Å². The van der Waals surface area contributed by atoms with Crippen LogP contribution in [0.15, 0.2) is 29.0 Å². The van der Waals surface area contributed by atoms with E-state index in [1.165, 1.54) is 12.4 Å². The first-order valence-electron chi connectivity index (χ1n) is 8.75. The summed E-state index contributed by atoms with van der Waals surface area (Å²) in [7, 11) is 0. The number of halogens is 3. The molecule has 4 heterocycles. The summed E-state index contributed by atoms with van der Waals surface area (Å²) in [6, 6.07) is 3.14. The van der Waals surface area contributed by atoms with Crippen molar-refractivity contribution in [3.8, 4) is 11.4 Å². The molecule has 1 atom stereocenters. The van der Waals surface area contributed by atoms with Crippen LogP contribution in [0.3, 0.4) is 0 Å². The largest absolute Gasteiger partial charge is 0.405 e. The normalized spacial score (nSPS) is 19.7. The zero-order chi connectivity index (χ0) is 20.6. The Morgan fingerprint density at radius 1 is 1.31 bits per heavy atom. The van der Waals surface area contributed by atoms with E-state index in [1.54, 1.807) is 19.1 Å². The van der Waals surface area contributed by atoms with Gasteiger partial charge < -0.3 is 9.42 Å². The van der Waals surface area contributed by atoms with Gasteiger partial charge in [-0.3, -0.25) is 14.9 Å². The summed E-state index contributed by atoms with van der Waals surface area (Å²) in [5, 5.41) is 10.1. The molecule has 1 saturated heterocycles. The molecule has 3 aromatic heterocycles. The summed E-state index contributed by atoms with van der Waals surface area (Å²) in [5.41, 5.74) is -1.94. The molecule has 0 saturated carbocycles. The number of alkyl halides is 3. The van der Waals surface area contributed by atoms with Gasteiger partial charge >= 0.3 is 6.18 Å². The van der Waals surface area contributed by atoms with Crippen molar-refractivity contribution in [1.82, 2.24) is 35.2 Å². The van der Waals surface area contributed by atoms with E-state index in [4.69, 9.17) is 4.52 Å². The van der Waals surface area contributed by atoms with Crippen molar-refractivity contribution in [2.24, 2.45) is 0 Å². The standard InChI is InChI=1S/C17H16F3N7O2/c1-10-22-12(25-24-10)8-13(28)27-7-4-16(9-27,17(18,19)20)15-23-14(26-29-15)11-2-5-21-6-3-11/h2-3,5-6H,4,7-9H2,1H3,(H,22,24,25). The Kier molecular flexibility index (Phi) is 4.55. The first-order valence-corrected chi connectivity index (χ1v) is 8.75. The SMILES string of the molecule is Cc1nc(CC(=O)N2CCC(c3nc(-c4ccncc4)no3)(C(F)(F)F)C2)n[nH]1. The molecule has 1 aliphatic rings. The van der Waals surface area contributed by atoms with E-state index in [9.17, 15) is 18.0 Å². The molecule has 4 rings (SSSR count). The van der Waals surface area contributed by atoms with Crippen LogP contribution < -0.4 is 0 Å². The number of nitrogens with zero attached hydrogens (tertiary/aromatic N) is 6. The van der Waals surface area contributed by atoms with E-state index >= 15 is 0 Å². The summed E-state index contributed by atoms with van der Waals surface area (Å²) in [6.07, 6.45) is -2.28. The maximum atomic E-state index is 14.1. The average molecular weight is 407 g/mol. The van der Waals surface area contributed by atoms with Crippen LogP contribution in [-0.2, 0) is 16.6 Å². The van der Waals surface area contributed by atoms with Crippen molar-refractivity contribution >= 4 is 5.91 Å². The number of pyridine rings is 1. The highest BCUT2D eigenvalue weighted by Crippen LogP contribution is 2.47. The second-order valence-corrected chi connectivity index (χ2v) is 6.82. The highest BCUT2D eigenvalue weighted by molar-refractivity contribution is 5.78. The molecule has 152 valence electrons. The Balaban J connectivity index is 1.59. The van der Waals surface area contributed by atoms with E-state index in [0.717, 1.165) is 4.90 Å². The first kappa shape index (κ1) is 19.0. The molecule has 0 radical (unpaired) electrons. The number of carbonyl (C=O) groups is 1. The molecular formula is C17H16F3N7O2. The molecule has 0 aromatic carbocycles. The number of H-pyrrole nitrogens is 1. The van der Waals surface area contributed by atoms with Gasteiger partial charge in [-0.25, -0.2) is 4.98 Å². The lowest BCUT2D eigenvalue weighted by Crippen LogP contribution is -2.46. The molecule has 0 aliphatic carbocycles. The minimum Gasteiger partial charge on any atom is -0.341 e. The molecule has 9 nitrogen and oxygen atoms in total. The maximum Gasteiger partial charge on any atom is 0.405 e. The van der Waals surface area contributed by atoms with E-state index < -0.39 is 29.9 Å². The number of hydrogen-bond donors (Lipinski definition) is 1. The molecule has 1 unspecified atom stereocenters. The van der Waals surface area contributed by atoms with Crippen molar-refractivity contribution < 1.29 is 22.5 Å². The van der Waals surface area contributed by atoms with Crippen LogP contribution in [0, 0.1) is 6.92 Å². The molecular weight excluding hydrogens is 391 g/mol. The third-order valence-electron chi connectivity index (χ3n) is 4.89. The number of aryl methyl sites for hydroxylation is 1. The third-order valence-corrected chi connectivity index (χ3v) is 4.89. The Bertz CT molecular complexity index is 1020. The lowest BCUT2D eigenvalue weighted by Gasteiger charge is -2.27. The molecule has 1 fully saturated rings. The van der Waals surface area contributed by atoms with Crippen LogP contribution in [0.4, 0.5) is 13.2 Å². The average Bonchev–Trinajstić information content (AvgIpc) is 3.41. The number of aromatic amines is 1. The van der Waals surface area contributed by atoms with Crippen molar-refractivity contribution in [1.29, 1.82) is 0 Å². The molecule has 1 N–H and O–H groups in total. The smallest absolute Gasteiger partial charge is 0.341 e. The van der Waals surface area contributed by atoms with Crippen LogP contribution in [0.25, 0.3) is 11.4 Å². The predicted molar refractivity (Wildman–Crippen MR) is 91.3 cm³/mol. The van der Waals surface area contributed by atoms with Crippen molar-refractivity contribution in [3.63, 3.8) is 0 Å². The molecule has 0 spiro atoms. The quantitative estimate of drug-likeness (QED) is 0.702. The number of rotatable bonds is 4. The number of aromatic nitrogens is 6. The summed E-state index contributed by atoms with van der Waals surface area (Å²) < 4.78 is 47.2. The van der Waals surface area contributed by atoms with Gasteiger partial charge in [-0.1, -0.05) is 5.16 Å². The third kappa shape index (κ3) is 3.45. The van der Waals surface area contributed by atoms with Gasteiger partial charge in [-0.2, -0.15) is 23.3 Å². The fourth-order valence-electron chi connectivity index (χ4n) is 3.30. The van der Waals surface area contributed by atoms with Crippen LogP contribution in [0.5, 0.6) is 0 Å². The highest BCUT2D eigenvalue weighted by atomic mass is 19.4. The fourth-order valence-corrected chi connectivity index (χ4v) is 3.30. The summed E-state index contributed by atoms with van der Waals surface area (Å²) in [4.78, 5) is 25.5. The monoisotopic (exact) mass is 407 g/mol. The topological polar surface area (TPSA) is 114 Å². The molecule has 0 bridgehead atoms. The van der Waals surface area contributed by atoms with Crippen LogP contribution in [0.2, 0.25) is 0 Å². The number of hydrogen-bond acceptors (Lipinski definition) is 7. The molecule has 29 heavy (non-hydrogen) atoms.